The lowest BCUT2D eigenvalue weighted by Crippen LogP contribution is -2.63. The van der Waals surface area contributed by atoms with Gasteiger partial charge in [0.2, 0.25) is 0 Å². The molecule has 128 valence electrons. The molecule has 0 atom stereocenters. The summed E-state index contributed by atoms with van der Waals surface area (Å²) in [6.45, 7) is 10.4. The third kappa shape index (κ3) is 3.47. The summed E-state index contributed by atoms with van der Waals surface area (Å²) in [5.41, 5.74) is 1.10. The Morgan fingerprint density at radius 1 is 1.00 bits per heavy atom. The number of nitrogens with zero attached hydrogens (tertiary/aromatic N) is 4. The predicted octanol–water partition coefficient (Wildman–Crippen LogP) is 2.12. The minimum atomic E-state index is 0.760. The highest BCUT2D eigenvalue weighted by Crippen LogP contribution is 2.25. The second-order valence-corrected chi connectivity index (χ2v) is 7.57. The maximum Gasteiger partial charge on any atom is 0.181 e. The van der Waals surface area contributed by atoms with Crippen molar-refractivity contribution < 1.29 is 4.42 Å². The van der Waals surface area contributed by atoms with Gasteiger partial charge in [-0.15, -0.1) is 0 Å². The molecule has 3 aliphatic rings. The molecule has 0 N–H and O–H groups in total. The Bertz CT molecular complexity index is 497. The normalized spacial score (nSPS) is 26.5. The fourth-order valence-electron chi connectivity index (χ4n) is 4.51. The van der Waals surface area contributed by atoms with E-state index in [1.165, 1.54) is 71.4 Å². The van der Waals surface area contributed by atoms with Crippen molar-refractivity contribution in [3.05, 3.63) is 17.8 Å². The Balaban J connectivity index is 1.19. The summed E-state index contributed by atoms with van der Waals surface area (Å²) in [6.07, 6.45) is 8.79. The van der Waals surface area contributed by atoms with Gasteiger partial charge in [0.05, 0.1) is 5.69 Å². The van der Waals surface area contributed by atoms with Crippen LogP contribution in [0.4, 0.5) is 0 Å². The molecule has 0 unspecified atom stereocenters. The smallest absolute Gasteiger partial charge is 0.181 e. The van der Waals surface area contributed by atoms with Crippen LogP contribution in [0.15, 0.2) is 10.8 Å². The Labute approximate surface area is 139 Å². The molecule has 1 aromatic heterocycles. The number of hydrogen-bond donors (Lipinski definition) is 0. The van der Waals surface area contributed by atoms with Gasteiger partial charge in [0.1, 0.15) is 5.76 Å². The molecular formula is C18H30N4O. The van der Waals surface area contributed by atoms with E-state index in [4.69, 9.17) is 4.42 Å². The van der Waals surface area contributed by atoms with Crippen molar-refractivity contribution in [1.82, 2.24) is 19.7 Å². The number of piperazine rings is 1. The average molecular weight is 318 g/mol. The van der Waals surface area contributed by atoms with Gasteiger partial charge in [-0.1, -0.05) is 19.3 Å². The summed E-state index contributed by atoms with van der Waals surface area (Å²) < 4.78 is 5.29. The van der Waals surface area contributed by atoms with Gasteiger partial charge in [-0.25, -0.2) is 4.98 Å². The van der Waals surface area contributed by atoms with E-state index in [9.17, 15) is 0 Å². The molecule has 0 amide bonds. The van der Waals surface area contributed by atoms with Crippen molar-refractivity contribution in [1.29, 1.82) is 0 Å². The number of oxazole rings is 1. The Hall–Kier alpha value is -0.910. The van der Waals surface area contributed by atoms with Crippen LogP contribution in [-0.4, -0.2) is 71.0 Å². The third-order valence-electron chi connectivity index (χ3n) is 6.11. The molecule has 2 aliphatic heterocycles. The van der Waals surface area contributed by atoms with E-state index in [-0.39, 0.29) is 0 Å². The van der Waals surface area contributed by atoms with E-state index >= 15 is 0 Å². The van der Waals surface area contributed by atoms with Crippen molar-refractivity contribution in [3.8, 4) is 0 Å². The highest BCUT2D eigenvalue weighted by atomic mass is 16.3. The molecule has 1 aliphatic carbocycles. The largest absolute Gasteiger partial charge is 0.448 e. The molecule has 1 saturated carbocycles. The van der Waals surface area contributed by atoms with E-state index < -0.39 is 0 Å². The molecule has 1 aromatic rings. The van der Waals surface area contributed by atoms with Gasteiger partial charge >= 0.3 is 0 Å². The van der Waals surface area contributed by atoms with Gasteiger partial charge in [0.25, 0.3) is 0 Å². The van der Waals surface area contributed by atoms with Crippen molar-refractivity contribution in [2.24, 2.45) is 0 Å². The molecule has 0 bridgehead atoms. The van der Waals surface area contributed by atoms with Gasteiger partial charge in [-0.2, -0.15) is 0 Å². The number of aryl methyl sites for hydroxylation is 1. The van der Waals surface area contributed by atoms with Crippen molar-refractivity contribution in [3.63, 3.8) is 0 Å². The Morgan fingerprint density at radius 2 is 1.65 bits per heavy atom. The summed E-state index contributed by atoms with van der Waals surface area (Å²) >= 11 is 0. The minimum Gasteiger partial charge on any atom is -0.448 e. The van der Waals surface area contributed by atoms with Crippen molar-refractivity contribution >= 4 is 0 Å². The van der Waals surface area contributed by atoms with Crippen LogP contribution >= 0.6 is 0 Å². The number of hydrogen-bond acceptors (Lipinski definition) is 5. The van der Waals surface area contributed by atoms with Gasteiger partial charge in [-0.3, -0.25) is 14.7 Å². The quantitative estimate of drug-likeness (QED) is 0.850. The van der Waals surface area contributed by atoms with Gasteiger partial charge < -0.3 is 4.42 Å². The molecule has 2 saturated heterocycles. The zero-order valence-electron chi connectivity index (χ0n) is 14.4. The highest BCUT2D eigenvalue weighted by Gasteiger charge is 2.35. The van der Waals surface area contributed by atoms with Gasteiger partial charge in [0.15, 0.2) is 6.39 Å². The molecule has 23 heavy (non-hydrogen) atoms. The maximum absolute atomic E-state index is 5.29. The molecule has 0 aromatic carbocycles. The first kappa shape index (κ1) is 15.6. The van der Waals surface area contributed by atoms with Crippen molar-refractivity contribution in [2.45, 2.75) is 57.7 Å². The van der Waals surface area contributed by atoms with Crippen LogP contribution in [-0.2, 0) is 6.54 Å². The van der Waals surface area contributed by atoms with Gasteiger partial charge in [-0.05, 0) is 19.8 Å². The van der Waals surface area contributed by atoms with E-state index in [0.717, 1.165) is 30.1 Å². The molecule has 0 radical (unpaired) electrons. The first-order valence-corrected chi connectivity index (χ1v) is 9.39. The zero-order valence-corrected chi connectivity index (χ0v) is 14.4. The van der Waals surface area contributed by atoms with E-state index in [1.807, 2.05) is 6.92 Å². The predicted molar refractivity (Wildman–Crippen MR) is 90.3 cm³/mol. The Morgan fingerprint density at radius 3 is 2.26 bits per heavy atom. The fourth-order valence-corrected chi connectivity index (χ4v) is 4.51. The van der Waals surface area contributed by atoms with Crippen LogP contribution in [0.5, 0.6) is 0 Å². The minimum absolute atomic E-state index is 0.760. The average Bonchev–Trinajstić information content (AvgIpc) is 2.97. The fraction of sp³-hybridized carbons (Fsp3) is 0.833. The van der Waals surface area contributed by atoms with Crippen molar-refractivity contribution in [2.75, 3.05) is 39.3 Å². The zero-order chi connectivity index (χ0) is 15.6. The van der Waals surface area contributed by atoms with Crippen LogP contribution in [0.3, 0.4) is 0 Å². The number of rotatable bonds is 4. The summed E-state index contributed by atoms with van der Waals surface area (Å²) in [4.78, 5) is 12.3. The van der Waals surface area contributed by atoms with Crippen LogP contribution in [0.2, 0.25) is 0 Å². The monoisotopic (exact) mass is 318 g/mol. The molecule has 0 spiro atoms. The highest BCUT2D eigenvalue weighted by molar-refractivity contribution is 5.06. The lowest BCUT2D eigenvalue weighted by atomic mass is 9.93. The Kier molecular flexibility index (Phi) is 4.69. The standard InChI is InChI=1S/C18H30N4O/c1-15-18(19-14-23-15)13-20-11-17(12-20)22-9-7-21(8-10-22)16-5-3-2-4-6-16/h14,16-17H,2-13H2,1H3. The first-order chi connectivity index (χ1) is 11.3. The number of likely N-dealkylation sites (tertiary alicyclic amines) is 1. The molecule has 3 heterocycles. The maximum atomic E-state index is 5.29. The molecule has 5 nitrogen and oxygen atoms in total. The first-order valence-electron chi connectivity index (χ1n) is 9.39. The number of aromatic nitrogens is 1. The second-order valence-electron chi connectivity index (χ2n) is 7.57. The lowest BCUT2D eigenvalue weighted by molar-refractivity contribution is -0.0109. The second kappa shape index (κ2) is 6.91. The van der Waals surface area contributed by atoms with Crippen LogP contribution in [0, 0.1) is 6.92 Å². The van der Waals surface area contributed by atoms with Crippen LogP contribution in [0.25, 0.3) is 0 Å². The van der Waals surface area contributed by atoms with E-state index in [2.05, 4.69) is 19.7 Å². The summed E-state index contributed by atoms with van der Waals surface area (Å²) in [5, 5.41) is 0. The SMILES string of the molecule is Cc1ocnc1CN1CC(N2CCN(C3CCCCC3)CC2)C1. The van der Waals surface area contributed by atoms with E-state index in [1.54, 1.807) is 6.39 Å². The molecular weight excluding hydrogens is 288 g/mol. The van der Waals surface area contributed by atoms with Gasteiger partial charge in [0, 0.05) is 57.9 Å². The lowest BCUT2D eigenvalue weighted by Gasteiger charge is -2.49. The topological polar surface area (TPSA) is 35.8 Å². The molecule has 4 rings (SSSR count). The van der Waals surface area contributed by atoms with E-state index in [0.29, 0.717) is 0 Å². The summed E-state index contributed by atoms with van der Waals surface area (Å²) in [5.74, 6) is 0.967. The summed E-state index contributed by atoms with van der Waals surface area (Å²) in [7, 11) is 0. The summed E-state index contributed by atoms with van der Waals surface area (Å²) in [6, 6.07) is 1.65. The molecule has 5 heteroatoms. The van der Waals surface area contributed by atoms with Crippen LogP contribution < -0.4 is 0 Å². The molecule has 3 fully saturated rings. The third-order valence-corrected chi connectivity index (χ3v) is 6.11. The van der Waals surface area contributed by atoms with Crippen LogP contribution in [0.1, 0.15) is 43.6 Å².